The van der Waals surface area contributed by atoms with Crippen LogP contribution in [0.1, 0.15) is 41.6 Å². The lowest BCUT2D eigenvalue weighted by Crippen LogP contribution is -2.27. The summed E-state index contributed by atoms with van der Waals surface area (Å²) in [6.45, 7) is 1.79. The zero-order valence-corrected chi connectivity index (χ0v) is 19.0. The van der Waals surface area contributed by atoms with Crippen molar-refractivity contribution in [2.75, 3.05) is 11.9 Å². The highest BCUT2D eigenvalue weighted by atomic mass is 19.1. The highest BCUT2D eigenvalue weighted by Gasteiger charge is 2.39. The predicted octanol–water partition coefficient (Wildman–Crippen LogP) is 5.08. The van der Waals surface area contributed by atoms with Gasteiger partial charge in [-0.3, -0.25) is 14.6 Å². The Bertz CT molecular complexity index is 1290. The Balaban J connectivity index is 1.39. The molecule has 0 bridgehead atoms. The predicted molar refractivity (Wildman–Crippen MR) is 124 cm³/mol. The van der Waals surface area contributed by atoms with Crippen LogP contribution in [0.3, 0.4) is 0 Å². The number of carbonyl (C=O) groups is 2. The van der Waals surface area contributed by atoms with E-state index >= 15 is 0 Å². The molecular weight excluding hydrogens is 440 g/mol. The Kier molecular flexibility index (Phi) is 5.67. The number of rotatable bonds is 7. The first-order valence-electron chi connectivity index (χ1n) is 11.4. The van der Waals surface area contributed by atoms with Crippen LogP contribution in [0.4, 0.5) is 14.5 Å². The summed E-state index contributed by atoms with van der Waals surface area (Å²) >= 11 is 0. The lowest BCUT2D eigenvalue weighted by atomic mass is 10.0. The SMILES string of the molecule is Cc1cc2nccc(Oc3ccc(N(C)C(=O)CC4CC4)c(F)c3)c2cc1C(=O)NC1CC1F. The number of carbonyl (C=O) groups excluding carboxylic acids is 2. The lowest BCUT2D eigenvalue weighted by molar-refractivity contribution is -0.118. The molecule has 2 unspecified atom stereocenters. The van der Waals surface area contributed by atoms with Gasteiger partial charge in [0.2, 0.25) is 5.91 Å². The topological polar surface area (TPSA) is 71.5 Å². The number of halogens is 2. The van der Waals surface area contributed by atoms with E-state index in [-0.39, 0.29) is 23.3 Å². The van der Waals surface area contributed by atoms with Gasteiger partial charge in [0.25, 0.3) is 5.91 Å². The van der Waals surface area contributed by atoms with Crippen LogP contribution in [-0.2, 0) is 4.79 Å². The number of alkyl halides is 1. The number of nitrogens with one attached hydrogen (secondary N) is 1. The average Bonchev–Trinajstić information content (AvgIpc) is 3.72. The van der Waals surface area contributed by atoms with Crippen LogP contribution in [0.2, 0.25) is 0 Å². The van der Waals surface area contributed by atoms with Crippen molar-refractivity contribution in [1.29, 1.82) is 0 Å². The molecule has 0 spiro atoms. The van der Waals surface area contributed by atoms with E-state index in [9.17, 15) is 18.4 Å². The first-order chi connectivity index (χ1) is 16.3. The Morgan fingerprint density at radius 1 is 1.21 bits per heavy atom. The molecule has 6 nitrogen and oxygen atoms in total. The van der Waals surface area contributed by atoms with Gasteiger partial charge >= 0.3 is 0 Å². The molecule has 2 atom stereocenters. The molecule has 2 saturated carbocycles. The number of benzene rings is 2. The van der Waals surface area contributed by atoms with Gasteiger partial charge in [-0.05, 0) is 61.6 Å². The Morgan fingerprint density at radius 2 is 1.97 bits per heavy atom. The number of aromatic nitrogens is 1. The molecule has 2 aliphatic carbocycles. The number of aryl methyl sites for hydroxylation is 1. The highest BCUT2D eigenvalue weighted by Crippen LogP contribution is 2.35. The summed E-state index contributed by atoms with van der Waals surface area (Å²) in [5.41, 5.74) is 1.92. The van der Waals surface area contributed by atoms with Gasteiger partial charge in [-0.25, -0.2) is 8.78 Å². The van der Waals surface area contributed by atoms with Gasteiger partial charge in [-0.2, -0.15) is 0 Å². The number of hydrogen-bond acceptors (Lipinski definition) is 4. The minimum Gasteiger partial charge on any atom is -0.456 e. The summed E-state index contributed by atoms with van der Waals surface area (Å²) in [6, 6.07) is 8.97. The molecular formula is C26H25F2N3O3. The minimum atomic E-state index is -0.994. The van der Waals surface area contributed by atoms with Crippen molar-refractivity contribution in [3.63, 3.8) is 0 Å². The second kappa shape index (κ2) is 8.66. The molecule has 8 heteroatoms. The van der Waals surface area contributed by atoms with Crippen molar-refractivity contribution in [1.82, 2.24) is 10.3 Å². The summed E-state index contributed by atoms with van der Waals surface area (Å²) in [7, 11) is 1.57. The lowest BCUT2D eigenvalue weighted by Gasteiger charge is -2.19. The molecule has 0 aliphatic heterocycles. The van der Waals surface area contributed by atoms with Crippen LogP contribution in [-0.4, -0.2) is 36.1 Å². The molecule has 0 radical (unpaired) electrons. The van der Waals surface area contributed by atoms with Crippen LogP contribution < -0.4 is 15.0 Å². The monoisotopic (exact) mass is 465 g/mol. The summed E-state index contributed by atoms with van der Waals surface area (Å²) in [5, 5.41) is 3.26. The molecule has 5 rings (SSSR count). The maximum absolute atomic E-state index is 14.8. The van der Waals surface area contributed by atoms with Gasteiger partial charge in [0, 0.05) is 43.1 Å². The average molecular weight is 466 g/mol. The van der Waals surface area contributed by atoms with Gasteiger partial charge in [0.1, 0.15) is 17.7 Å². The molecule has 0 saturated heterocycles. The van der Waals surface area contributed by atoms with Gasteiger partial charge in [-0.15, -0.1) is 0 Å². The molecule has 2 fully saturated rings. The molecule has 34 heavy (non-hydrogen) atoms. The van der Waals surface area contributed by atoms with Crippen LogP contribution in [0.15, 0.2) is 42.6 Å². The van der Waals surface area contributed by atoms with Crippen molar-refractivity contribution in [3.8, 4) is 11.5 Å². The maximum Gasteiger partial charge on any atom is 0.251 e. The molecule has 2 amide bonds. The summed E-state index contributed by atoms with van der Waals surface area (Å²) in [6.07, 6.45) is 3.44. The molecule has 2 aliphatic rings. The van der Waals surface area contributed by atoms with Crippen LogP contribution in [0.25, 0.3) is 10.9 Å². The molecule has 3 aromatic rings. The van der Waals surface area contributed by atoms with Crippen LogP contribution in [0, 0.1) is 18.7 Å². The number of pyridine rings is 1. The quantitative estimate of drug-likeness (QED) is 0.528. The van der Waals surface area contributed by atoms with Crippen LogP contribution >= 0.6 is 0 Å². The van der Waals surface area contributed by atoms with Crippen molar-refractivity contribution < 1.29 is 23.1 Å². The van der Waals surface area contributed by atoms with Gasteiger partial charge in [0.05, 0.1) is 17.2 Å². The van der Waals surface area contributed by atoms with Crippen molar-refractivity contribution in [2.45, 2.75) is 44.8 Å². The summed E-state index contributed by atoms with van der Waals surface area (Å²) in [5.74, 6) is 0.0404. The Morgan fingerprint density at radius 3 is 2.65 bits per heavy atom. The normalized spacial score (nSPS) is 19.1. The number of hydrogen-bond donors (Lipinski definition) is 1. The Hall–Kier alpha value is -3.55. The van der Waals surface area contributed by atoms with E-state index in [0.29, 0.717) is 46.5 Å². The number of anilines is 1. The molecule has 176 valence electrons. The molecule has 2 aromatic carbocycles. The van der Waals surface area contributed by atoms with Crippen LogP contribution in [0.5, 0.6) is 11.5 Å². The van der Waals surface area contributed by atoms with Crippen molar-refractivity contribution >= 4 is 28.4 Å². The minimum absolute atomic E-state index is 0.110. The number of ether oxygens (including phenoxy) is 1. The zero-order chi connectivity index (χ0) is 24.0. The third-order valence-corrected chi connectivity index (χ3v) is 6.36. The van der Waals surface area contributed by atoms with E-state index < -0.39 is 18.0 Å². The zero-order valence-electron chi connectivity index (χ0n) is 19.0. The van der Waals surface area contributed by atoms with E-state index in [1.807, 2.05) is 0 Å². The van der Waals surface area contributed by atoms with Gasteiger partial charge < -0.3 is 15.0 Å². The second-order valence-corrected chi connectivity index (χ2v) is 9.14. The van der Waals surface area contributed by atoms with E-state index in [0.717, 1.165) is 12.8 Å². The fourth-order valence-electron chi connectivity index (χ4n) is 3.96. The smallest absolute Gasteiger partial charge is 0.251 e. The van der Waals surface area contributed by atoms with E-state index in [4.69, 9.17) is 4.74 Å². The standard InChI is InChI=1S/C26H25F2N3O3/c1-14-9-21-18(12-17(14)26(33)30-22-13-19(22)27)24(7-8-29-21)34-16-5-6-23(20(28)11-16)31(2)25(32)10-15-3-4-15/h5-9,11-12,15,19,22H,3-4,10,13H2,1-2H3,(H,30,33). The van der Waals surface area contributed by atoms with Crippen molar-refractivity contribution in [3.05, 3.63) is 59.5 Å². The maximum atomic E-state index is 14.8. The fourth-order valence-corrected chi connectivity index (χ4v) is 3.96. The summed E-state index contributed by atoms with van der Waals surface area (Å²) < 4.78 is 34.0. The van der Waals surface area contributed by atoms with E-state index in [2.05, 4.69) is 10.3 Å². The van der Waals surface area contributed by atoms with E-state index in [1.54, 1.807) is 44.4 Å². The second-order valence-electron chi connectivity index (χ2n) is 9.14. The Labute approximate surface area is 195 Å². The largest absolute Gasteiger partial charge is 0.456 e. The highest BCUT2D eigenvalue weighted by molar-refractivity contribution is 6.01. The first kappa shape index (κ1) is 22.3. The first-order valence-corrected chi connectivity index (χ1v) is 11.4. The van der Waals surface area contributed by atoms with E-state index in [1.165, 1.54) is 17.0 Å². The molecule has 1 heterocycles. The number of fused-ring (bicyclic) bond motifs is 1. The molecule has 1 N–H and O–H groups in total. The number of amides is 2. The van der Waals surface area contributed by atoms with Crippen molar-refractivity contribution in [2.24, 2.45) is 5.92 Å². The summed E-state index contributed by atoms with van der Waals surface area (Å²) in [4.78, 5) is 30.7. The third kappa shape index (κ3) is 4.58. The van der Waals surface area contributed by atoms with Gasteiger partial charge in [0.15, 0.2) is 5.82 Å². The number of nitrogens with zero attached hydrogens (tertiary/aromatic N) is 2. The van der Waals surface area contributed by atoms with Gasteiger partial charge in [-0.1, -0.05) is 0 Å². The molecule has 1 aromatic heterocycles. The third-order valence-electron chi connectivity index (χ3n) is 6.36. The fraction of sp³-hybridized carbons (Fsp3) is 0.346.